The lowest BCUT2D eigenvalue weighted by molar-refractivity contribution is -0.128. The van der Waals surface area contributed by atoms with Gasteiger partial charge < -0.3 is 0 Å². The number of hydrogen-bond acceptors (Lipinski definition) is 2. The highest BCUT2D eigenvalue weighted by atomic mass is 35.5. The molecule has 0 amide bonds. The maximum atomic E-state index is 11.1. The molecule has 0 saturated heterocycles. The molecule has 0 aromatic carbocycles. The van der Waals surface area contributed by atoms with Gasteiger partial charge in [-0.15, -0.1) is 11.6 Å². The van der Waals surface area contributed by atoms with Gasteiger partial charge in [-0.3, -0.25) is 9.59 Å². The van der Waals surface area contributed by atoms with Gasteiger partial charge in [0.1, 0.15) is 0 Å². The summed E-state index contributed by atoms with van der Waals surface area (Å²) in [7, 11) is 0. The Labute approximate surface area is 84.7 Å². The van der Waals surface area contributed by atoms with Crippen molar-refractivity contribution >= 4 is 23.2 Å². The van der Waals surface area contributed by atoms with Crippen LogP contribution in [0.15, 0.2) is 0 Å². The predicted molar refractivity (Wildman–Crippen MR) is 54.1 cm³/mol. The number of halogens is 1. The van der Waals surface area contributed by atoms with E-state index < -0.39 is 4.87 Å². The smallest absolute Gasteiger partial charge is 0.160 e. The molecule has 0 atom stereocenters. The SMILES string of the molecule is CCCCCC(Cl)(C(C)=O)C(C)=O. The van der Waals surface area contributed by atoms with Gasteiger partial charge in [-0.2, -0.15) is 0 Å². The van der Waals surface area contributed by atoms with E-state index in [0.29, 0.717) is 6.42 Å². The van der Waals surface area contributed by atoms with E-state index in [2.05, 4.69) is 6.92 Å². The molecule has 3 heteroatoms. The van der Waals surface area contributed by atoms with Gasteiger partial charge in [0.25, 0.3) is 0 Å². The topological polar surface area (TPSA) is 34.1 Å². The number of Topliss-reactive ketones (excluding diaryl/α,β-unsaturated/α-hetero) is 2. The second-order valence-electron chi connectivity index (χ2n) is 3.37. The van der Waals surface area contributed by atoms with Gasteiger partial charge in [-0.05, 0) is 20.3 Å². The summed E-state index contributed by atoms with van der Waals surface area (Å²) in [4.78, 5) is 21.0. The first-order valence-corrected chi connectivity index (χ1v) is 5.04. The zero-order valence-electron chi connectivity index (χ0n) is 8.52. The second-order valence-corrected chi connectivity index (χ2v) is 4.02. The molecule has 0 aliphatic heterocycles. The highest BCUT2D eigenvalue weighted by Gasteiger charge is 2.37. The standard InChI is InChI=1S/C10H17ClO2/c1-4-5-6-7-10(11,8(2)12)9(3)13/h4-7H2,1-3H3. The molecule has 13 heavy (non-hydrogen) atoms. The van der Waals surface area contributed by atoms with E-state index in [1.807, 2.05) is 0 Å². The minimum atomic E-state index is -1.25. The summed E-state index contributed by atoms with van der Waals surface area (Å²) in [6.07, 6.45) is 3.37. The fraction of sp³-hybridized carbons (Fsp3) is 0.800. The second kappa shape index (κ2) is 5.38. The largest absolute Gasteiger partial charge is 0.298 e. The summed E-state index contributed by atoms with van der Waals surface area (Å²) in [5, 5.41) is 0. The van der Waals surface area contributed by atoms with Crippen molar-refractivity contribution in [2.75, 3.05) is 0 Å². The molecule has 0 radical (unpaired) electrons. The summed E-state index contributed by atoms with van der Waals surface area (Å²) < 4.78 is 0. The van der Waals surface area contributed by atoms with Gasteiger partial charge >= 0.3 is 0 Å². The molecule has 0 saturated carbocycles. The van der Waals surface area contributed by atoms with Crippen LogP contribution in [0, 0.1) is 0 Å². The van der Waals surface area contributed by atoms with Gasteiger partial charge in [0.15, 0.2) is 16.4 Å². The molecule has 0 N–H and O–H groups in total. The molecule has 0 aliphatic rings. The van der Waals surface area contributed by atoms with Crippen LogP contribution in [0.5, 0.6) is 0 Å². The molecular formula is C10H17ClO2. The first-order chi connectivity index (χ1) is 5.95. The molecule has 0 bridgehead atoms. The lowest BCUT2D eigenvalue weighted by atomic mass is 9.93. The van der Waals surface area contributed by atoms with E-state index in [1.54, 1.807) is 0 Å². The highest BCUT2D eigenvalue weighted by molar-refractivity contribution is 6.46. The van der Waals surface area contributed by atoms with Crippen LogP contribution in [0.2, 0.25) is 0 Å². The number of unbranched alkanes of at least 4 members (excludes halogenated alkanes) is 2. The van der Waals surface area contributed by atoms with E-state index in [1.165, 1.54) is 13.8 Å². The Hall–Kier alpha value is -0.370. The lowest BCUT2D eigenvalue weighted by Gasteiger charge is -2.20. The molecule has 0 rings (SSSR count). The van der Waals surface area contributed by atoms with Crippen LogP contribution in [-0.4, -0.2) is 16.4 Å². The average Bonchev–Trinajstić information content (AvgIpc) is 2.03. The van der Waals surface area contributed by atoms with Gasteiger partial charge in [0, 0.05) is 0 Å². The number of alkyl halides is 1. The quantitative estimate of drug-likeness (QED) is 0.379. The van der Waals surface area contributed by atoms with Crippen LogP contribution in [0.3, 0.4) is 0 Å². The Morgan fingerprint density at radius 1 is 1.15 bits per heavy atom. The molecule has 2 nitrogen and oxygen atoms in total. The van der Waals surface area contributed by atoms with Crippen molar-refractivity contribution in [2.24, 2.45) is 0 Å². The first-order valence-electron chi connectivity index (χ1n) is 4.66. The maximum Gasteiger partial charge on any atom is 0.160 e. The number of hydrogen-bond donors (Lipinski definition) is 0. The molecule has 0 aromatic heterocycles. The summed E-state index contributed by atoms with van der Waals surface area (Å²) in [6, 6.07) is 0. The van der Waals surface area contributed by atoms with Gasteiger partial charge in [0.05, 0.1) is 0 Å². The van der Waals surface area contributed by atoms with E-state index in [0.717, 1.165) is 19.3 Å². The highest BCUT2D eigenvalue weighted by Crippen LogP contribution is 2.25. The Balaban J connectivity index is 4.26. The summed E-state index contributed by atoms with van der Waals surface area (Å²) in [6.45, 7) is 4.82. The summed E-state index contributed by atoms with van der Waals surface area (Å²) >= 11 is 5.95. The first kappa shape index (κ1) is 12.6. The molecule has 0 fully saturated rings. The maximum absolute atomic E-state index is 11.1. The van der Waals surface area contributed by atoms with Crippen LogP contribution < -0.4 is 0 Å². The fourth-order valence-corrected chi connectivity index (χ4v) is 1.35. The van der Waals surface area contributed by atoms with Crippen LogP contribution in [0.1, 0.15) is 46.5 Å². The Bertz CT molecular complexity index is 185. The third-order valence-electron chi connectivity index (χ3n) is 2.24. The van der Waals surface area contributed by atoms with Gasteiger partial charge in [-0.25, -0.2) is 0 Å². The Morgan fingerprint density at radius 2 is 1.62 bits per heavy atom. The van der Waals surface area contributed by atoms with Crippen LogP contribution in [0.25, 0.3) is 0 Å². The third-order valence-corrected chi connectivity index (χ3v) is 2.96. The van der Waals surface area contributed by atoms with Crippen molar-refractivity contribution in [1.29, 1.82) is 0 Å². The van der Waals surface area contributed by atoms with Crippen molar-refractivity contribution in [3.8, 4) is 0 Å². The number of carbonyl (C=O) groups excluding carboxylic acids is 2. The normalized spacial score (nSPS) is 11.4. The fourth-order valence-electron chi connectivity index (χ4n) is 1.22. The predicted octanol–water partition coefficient (Wildman–Crippen LogP) is 2.72. The molecule has 0 spiro atoms. The van der Waals surface area contributed by atoms with Crippen molar-refractivity contribution < 1.29 is 9.59 Å². The number of rotatable bonds is 6. The molecule has 0 heterocycles. The zero-order chi connectivity index (χ0) is 10.5. The lowest BCUT2D eigenvalue weighted by Crippen LogP contribution is -2.38. The molecular weight excluding hydrogens is 188 g/mol. The minimum Gasteiger partial charge on any atom is -0.298 e. The van der Waals surface area contributed by atoms with Crippen molar-refractivity contribution in [3.05, 3.63) is 0 Å². The van der Waals surface area contributed by atoms with Crippen LogP contribution >= 0.6 is 11.6 Å². The van der Waals surface area contributed by atoms with Crippen molar-refractivity contribution in [1.82, 2.24) is 0 Å². The molecule has 0 aliphatic carbocycles. The van der Waals surface area contributed by atoms with Crippen molar-refractivity contribution in [2.45, 2.75) is 51.3 Å². The van der Waals surface area contributed by atoms with Gasteiger partial charge in [-0.1, -0.05) is 26.2 Å². The van der Waals surface area contributed by atoms with Crippen molar-refractivity contribution in [3.63, 3.8) is 0 Å². The third kappa shape index (κ3) is 3.47. The number of carbonyl (C=O) groups is 2. The van der Waals surface area contributed by atoms with Crippen LogP contribution in [-0.2, 0) is 9.59 Å². The van der Waals surface area contributed by atoms with E-state index in [-0.39, 0.29) is 11.6 Å². The Morgan fingerprint density at radius 3 is 1.92 bits per heavy atom. The average molecular weight is 205 g/mol. The van der Waals surface area contributed by atoms with E-state index in [4.69, 9.17) is 11.6 Å². The minimum absolute atomic E-state index is 0.238. The monoisotopic (exact) mass is 204 g/mol. The van der Waals surface area contributed by atoms with Gasteiger partial charge in [0.2, 0.25) is 0 Å². The van der Waals surface area contributed by atoms with Crippen LogP contribution in [0.4, 0.5) is 0 Å². The molecule has 0 unspecified atom stereocenters. The van der Waals surface area contributed by atoms with E-state index in [9.17, 15) is 9.59 Å². The number of ketones is 2. The molecule has 0 aromatic rings. The Kier molecular flexibility index (Phi) is 5.23. The molecule has 76 valence electrons. The summed E-state index contributed by atoms with van der Waals surface area (Å²) in [5.41, 5.74) is 0. The summed E-state index contributed by atoms with van der Waals surface area (Å²) in [5.74, 6) is -0.476. The van der Waals surface area contributed by atoms with E-state index >= 15 is 0 Å². The zero-order valence-corrected chi connectivity index (χ0v) is 9.28.